The molecule has 0 aromatic carbocycles. The Labute approximate surface area is 160 Å². The molecule has 0 aromatic heterocycles. The normalized spacial score (nSPS) is 11.4. The van der Waals surface area contributed by atoms with Crippen molar-refractivity contribution in [3.05, 3.63) is 0 Å². The summed E-state index contributed by atoms with van der Waals surface area (Å²) >= 11 is 0. The molecule has 0 spiro atoms. The number of rotatable bonds is 17. The zero-order valence-electron chi connectivity index (χ0n) is 15.9. The van der Waals surface area contributed by atoms with Crippen molar-refractivity contribution in [3.8, 4) is 0 Å². The lowest BCUT2D eigenvalue weighted by atomic mass is 10.1. The van der Waals surface area contributed by atoms with E-state index >= 15 is 0 Å². The molecule has 27 heavy (non-hydrogen) atoms. The van der Waals surface area contributed by atoms with E-state index in [4.69, 9.17) is 11.5 Å². The van der Waals surface area contributed by atoms with E-state index in [1.807, 2.05) is 0 Å². The van der Waals surface area contributed by atoms with E-state index in [2.05, 4.69) is 20.9 Å². The van der Waals surface area contributed by atoms with Crippen LogP contribution in [0.2, 0.25) is 0 Å². The maximum Gasteiger partial charge on any atom is 0.269 e. The molecule has 10 nitrogen and oxygen atoms in total. The van der Waals surface area contributed by atoms with Gasteiger partial charge in [-0.15, -0.1) is 0 Å². The first-order valence-electron chi connectivity index (χ1n) is 9.42. The molecule has 0 rings (SSSR count). The van der Waals surface area contributed by atoms with E-state index in [0.29, 0.717) is 32.5 Å². The Morgan fingerprint density at radius 2 is 1.70 bits per heavy atom. The molecule has 1 atom stereocenters. The van der Waals surface area contributed by atoms with E-state index in [1.165, 1.54) is 0 Å². The molecule has 1 unspecified atom stereocenters. The van der Waals surface area contributed by atoms with E-state index in [-0.39, 0.29) is 18.3 Å². The highest BCUT2D eigenvalue weighted by Crippen LogP contribution is 2.03. The van der Waals surface area contributed by atoms with Gasteiger partial charge in [-0.1, -0.05) is 12.8 Å². The lowest BCUT2D eigenvalue weighted by Gasteiger charge is -2.13. The molecule has 0 saturated heterocycles. The molecule has 0 aliphatic heterocycles. The van der Waals surface area contributed by atoms with Gasteiger partial charge >= 0.3 is 0 Å². The fraction of sp³-hybridized carbons (Fsp3) is 0.765. The van der Waals surface area contributed by atoms with Crippen LogP contribution in [0.1, 0.15) is 51.4 Å². The van der Waals surface area contributed by atoms with Crippen LogP contribution >= 0.6 is 0 Å². The average Bonchev–Trinajstić information content (AvgIpc) is 2.62. The van der Waals surface area contributed by atoms with Gasteiger partial charge in [0.2, 0.25) is 12.1 Å². The third-order valence-electron chi connectivity index (χ3n) is 3.67. The van der Waals surface area contributed by atoms with Crippen molar-refractivity contribution >= 4 is 24.1 Å². The fourth-order valence-corrected chi connectivity index (χ4v) is 2.22. The number of guanidine groups is 1. The second kappa shape index (κ2) is 17.2. The van der Waals surface area contributed by atoms with Gasteiger partial charge in [0.05, 0.1) is 0 Å². The van der Waals surface area contributed by atoms with Crippen LogP contribution in [0.25, 0.3) is 0 Å². The molecule has 0 aliphatic rings. The van der Waals surface area contributed by atoms with E-state index in [9.17, 15) is 19.5 Å². The third kappa shape index (κ3) is 17.0. The topological polar surface area (TPSA) is 172 Å². The predicted molar refractivity (Wildman–Crippen MR) is 104 cm³/mol. The molecule has 0 fully saturated rings. The van der Waals surface area contributed by atoms with Gasteiger partial charge in [-0.2, -0.15) is 0 Å². The molecular weight excluding hydrogens is 352 g/mol. The zero-order valence-corrected chi connectivity index (χ0v) is 15.9. The van der Waals surface area contributed by atoms with Crippen LogP contribution in [-0.2, 0) is 14.4 Å². The molecule has 0 saturated carbocycles. The Kier molecular flexibility index (Phi) is 15.8. The van der Waals surface area contributed by atoms with Crippen molar-refractivity contribution in [2.75, 3.05) is 26.2 Å². The molecule has 156 valence electrons. The minimum atomic E-state index is -1.54. The average molecular weight is 386 g/mol. The van der Waals surface area contributed by atoms with Crippen molar-refractivity contribution in [1.29, 1.82) is 0 Å². The maximum atomic E-state index is 11.7. The largest absolute Gasteiger partial charge is 0.370 e. The lowest BCUT2D eigenvalue weighted by Crippen LogP contribution is -2.46. The number of hydrogen-bond donors (Lipinski definition) is 6. The number of amides is 2. The van der Waals surface area contributed by atoms with Crippen LogP contribution in [-0.4, -0.2) is 61.6 Å². The highest BCUT2D eigenvalue weighted by molar-refractivity contribution is 5.86. The highest BCUT2D eigenvalue weighted by Gasteiger charge is 2.16. The summed E-state index contributed by atoms with van der Waals surface area (Å²) in [4.78, 5) is 37.4. The number of aliphatic hydroxyl groups is 1. The monoisotopic (exact) mass is 386 g/mol. The van der Waals surface area contributed by atoms with E-state index < -0.39 is 12.1 Å². The second-order valence-electron chi connectivity index (χ2n) is 6.14. The molecule has 10 heteroatoms. The molecule has 0 aliphatic carbocycles. The molecule has 0 aromatic rings. The van der Waals surface area contributed by atoms with Crippen LogP contribution in [0.3, 0.4) is 0 Å². The standard InChI is InChI=1S/C17H34N6O4/c18-17(19)22-12-4-2-1-3-8-14(25)23-16(27)15(26)21-11-6-5-9-20-10-7-13-24/h13,16,20,27H,1-12H2,(H,21,26)(H,23,25)(H4,18,19,22). The summed E-state index contributed by atoms with van der Waals surface area (Å²) in [5.74, 6) is -0.899. The number of nitrogens with one attached hydrogen (secondary N) is 3. The van der Waals surface area contributed by atoms with Gasteiger partial charge in [0.1, 0.15) is 6.29 Å². The van der Waals surface area contributed by atoms with Gasteiger partial charge in [0.25, 0.3) is 5.91 Å². The number of aldehydes is 1. The first-order chi connectivity index (χ1) is 13.0. The van der Waals surface area contributed by atoms with Crippen LogP contribution in [0, 0.1) is 0 Å². The summed E-state index contributed by atoms with van der Waals surface area (Å²) in [6.07, 6.45) is 4.89. The summed E-state index contributed by atoms with van der Waals surface area (Å²) in [5.41, 5.74) is 10.4. The first-order valence-corrected chi connectivity index (χ1v) is 9.42. The third-order valence-corrected chi connectivity index (χ3v) is 3.67. The molecule has 8 N–H and O–H groups in total. The summed E-state index contributed by atoms with van der Waals surface area (Å²) in [6.45, 7) is 2.39. The lowest BCUT2D eigenvalue weighted by molar-refractivity contribution is -0.136. The van der Waals surface area contributed by atoms with Gasteiger partial charge in [-0.25, -0.2) is 0 Å². The predicted octanol–water partition coefficient (Wildman–Crippen LogP) is -1.28. The van der Waals surface area contributed by atoms with E-state index in [1.54, 1.807) is 0 Å². The molecule has 0 heterocycles. The van der Waals surface area contributed by atoms with Crippen LogP contribution < -0.4 is 27.4 Å². The summed E-state index contributed by atoms with van der Waals surface area (Å²) < 4.78 is 0. The molecular formula is C17H34N6O4. The molecule has 2 amide bonds. The molecule has 0 bridgehead atoms. The van der Waals surface area contributed by atoms with Gasteiger partial charge in [0.15, 0.2) is 5.96 Å². The van der Waals surface area contributed by atoms with Gasteiger partial charge in [-0.3, -0.25) is 14.6 Å². The summed E-state index contributed by atoms with van der Waals surface area (Å²) in [7, 11) is 0. The van der Waals surface area contributed by atoms with Crippen molar-refractivity contribution < 1.29 is 19.5 Å². The van der Waals surface area contributed by atoms with Crippen molar-refractivity contribution in [1.82, 2.24) is 16.0 Å². The quantitative estimate of drug-likeness (QED) is 0.0594. The number of carbonyl (C=O) groups is 3. The Balaban J connectivity index is 3.60. The van der Waals surface area contributed by atoms with Crippen molar-refractivity contribution in [3.63, 3.8) is 0 Å². The zero-order chi connectivity index (χ0) is 20.3. The van der Waals surface area contributed by atoms with Gasteiger partial charge < -0.3 is 37.3 Å². The number of nitrogens with zero attached hydrogens (tertiary/aromatic N) is 1. The SMILES string of the molecule is NC(N)=NCCCCCCC(=O)NC(O)C(=O)NCCCCNCCC=O. The number of nitrogens with two attached hydrogens (primary N) is 2. The number of carbonyl (C=O) groups excluding carboxylic acids is 3. The minimum Gasteiger partial charge on any atom is -0.370 e. The van der Waals surface area contributed by atoms with Crippen LogP contribution in [0.4, 0.5) is 0 Å². The second-order valence-corrected chi connectivity index (χ2v) is 6.14. The first kappa shape index (κ1) is 24.8. The van der Waals surface area contributed by atoms with Crippen molar-refractivity contribution in [2.45, 2.75) is 57.6 Å². The Bertz CT molecular complexity index is 455. The fourth-order valence-electron chi connectivity index (χ4n) is 2.22. The highest BCUT2D eigenvalue weighted by atomic mass is 16.3. The smallest absolute Gasteiger partial charge is 0.269 e. The summed E-state index contributed by atoms with van der Waals surface area (Å²) in [6, 6.07) is 0. The van der Waals surface area contributed by atoms with E-state index in [0.717, 1.165) is 44.9 Å². The molecule has 0 radical (unpaired) electrons. The Hall–Kier alpha value is -2.20. The van der Waals surface area contributed by atoms with Gasteiger partial charge in [-0.05, 0) is 32.2 Å². The minimum absolute atomic E-state index is 0.0768. The number of unbranched alkanes of at least 4 members (excludes halogenated alkanes) is 4. The Morgan fingerprint density at radius 3 is 2.41 bits per heavy atom. The van der Waals surface area contributed by atoms with Crippen LogP contribution in [0.15, 0.2) is 4.99 Å². The summed E-state index contributed by atoms with van der Waals surface area (Å²) in [5, 5.41) is 17.6. The Morgan fingerprint density at radius 1 is 1.00 bits per heavy atom. The number of aliphatic hydroxyl groups excluding tert-OH is 1. The van der Waals surface area contributed by atoms with Crippen LogP contribution in [0.5, 0.6) is 0 Å². The van der Waals surface area contributed by atoms with Gasteiger partial charge in [0, 0.05) is 32.5 Å². The number of hydrogen-bond acceptors (Lipinski definition) is 6. The van der Waals surface area contributed by atoms with Crippen molar-refractivity contribution in [2.24, 2.45) is 16.5 Å². The maximum absolute atomic E-state index is 11.7. The number of aliphatic imine (C=N–C) groups is 1.